The van der Waals surface area contributed by atoms with Crippen molar-refractivity contribution in [1.82, 2.24) is 0 Å². The van der Waals surface area contributed by atoms with Crippen LogP contribution in [0.5, 0.6) is 11.5 Å². The molecule has 1 aliphatic heterocycles. The van der Waals surface area contributed by atoms with Gasteiger partial charge in [0.15, 0.2) is 11.5 Å². The van der Waals surface area contributed by atoms with Crippen LogP contribution in [0.2, 0.25) is 0 Å². The van der Waals surface area contributed by atoms with Gasteiger partial charge in [-0.2, -0.15) is 0 Å². The molecule has 0 spiro atoms. The highest BCUT2D eigenvalue weighted by atomic mass is 16.5. The van der Waals surface area contributed by atoms with E-state index in [2.05, 4.69) is 5.32 Å². The number of anilines is 1. The number of rotatable bonds is 5. The monoisotopic (exact) mass is 279 g/mol. The number of hydrogen-bond acceptors (Lipinski definition) is 4. The summed E-state index contributed by atoms with van der Waals surface area (Å²) >= 11 is 0. The molecule has 2 rings (SSSR count). The summed E-state index contributed by atoms with van der Waals surface area (Å²) in [5.74, 6) is 1.22. The van der Waals surface area contributed by atoms with Crippen LogP contribution in [-0.4, -0.2) is 32.8 Å². The van der Waals surface area contributed by atoms with E-state index >= 15 is 0 Å². The van der Waals surface area contributed by atoms with E-state index in [-0.39, 0.29) is 12.0 Å². The third kappa shape index (κ3) is 3.42. The van der Waals surface area contributed by atoms with Crippen molar-refractivity contribution in [1.29, 1.82) is 0 Å². The fraction of sp³-hybridized carbons (Fsp3) is 0.533. The van der Waals surface area contributed by atoms with E-state index < -0.39 is 0 Å². The molecule has 1 fully saturated rings. The largest absolute Gasteiger partial charge is 0.493 e. The van der Waals surface area contributed by atoms with E-state index in [1.165, 1.54) is 0 Å². The van der Waals surface area contributed by atoms with Crippen LogP contribution >= 0.6 is 0 Å². The number of ether oxygens (including phenoxy) is 3. The zero-order valence-electron chi connectivity index (χ0n) is 12.2. The van der Waals surface area contributed by atoms with Crippen molar-refractivity contribution >= 4 is 11.6 Å². The molecule has 0 aromatic heterocycles. The highest BCUT2D eigenvalue weighted by Crippen LogP contribution is 2.33. The van der Waals surface area contributed by atoms with E-state index in [9.17, 15) is 4.79 Å². The number of nitrogens with one attached hydrogen (secondary N) is 1. The normalized spacial score (nSPS) is 17.9. The van der Waals surface area contributed by atoms with Crippen molar-refractivity contribution in [3.8, 4) is 11.5 Å². The van der Waals surface area contributed by atoms with E-state index in [4.69, 9.17) is 14.2 Å². The summed E-state index contributed by atoms with van der Waals surface area (Å²) in [6, 6.07) is 3.63. The molecule has 1 aromatic rings. The molecule has 1 aromatic carbocycles. The Hall–Kier alpha value is -1.75. The molecule has 1 N–H and O–H groups in total. The lowest BCUT2D eigenvalue weighted by Gasteiger charge is -2.14. The van der Waals surface area contributed by atoms with Crippen molar-refractivity contribution in [3.05, 3.63) is 17.7 Å². The standard InChI is InChI=1S/C15H21NO4/c1-10-7-13(18-2)14(19-3)9-12(10)16-15(17)8-11-5-4-6-20-11/h7,9,11H,4-6,8H2,1-3H3,(H,16,17). The fourth-order valence-corrected chi connectivity index (χ4v) is 2.33. The lowest BCUT2D eigenvalue weighted by Crippen LogP contribution is -2.19. The minimum absolute atomic E-state index is 0.0350. The zero-order chi connectivity index (χ0) is 14.5. The zero-order valence-corrected chi connectivity index (χ0v) is 12.2. The number of amides is 1. The minimum Gasteiger partial charge on any atom is -0.493 e. The quantitative estimate of drug-likeness (QED) is 0.899. The maximum Gasteiger partial charge on any atom is 0.226 e. The first kappa shape index (κ1) is 14.7. The Bertz CT molecular complexity index is 481. The molecule has 1 atom stereocenters. The van der Waals surface area contributed by atoms with Gasteiger partial charge in [0.1, 0.15) is 0 Å². The number of carbonyl (C=O) groups excluding carboxylic acids is 1. The van der Waals surface area contributed by atoms with Gasteiger partial charge in [0.05, 0.1) is 26.7 Å². The van der Waals surface area contributed by atoms with Gasteiger partial charge < -0.3 is 19.5 Å². The fourth-order valence-electron chi connectivity index (χ4n) is 2.33. The van der Waals surface area contributed by atoms with Gasteiger partial charge in [-0.3, -0.25) is 4.79 Å². The SMILES string of the molecule is COc1cc(C)c(NC(=O)CC2CCCO2)cc1OC. The molecule has 1 saturated heterocycles. The maximum atomic E-state index is 12.0. The van der Waals surface area contributed by atoms with Crippen LogP contribution in [0.1, 0.15) is 24.8 Å². The summed E-state index contributed by atoms with van der Waals surface area (Å²) < 4.78 is 15.9. The summed E-state index contributed by atoms with van der Waals surface area (Å²) in [4.78, 5) is 12.0. The molecule has 20 heavy (non-hydrogen) atoms. The minimum atomic E-state index is -0.0350. The second-order valence-electron chi connectivity index (χ2n) is 4.91. The highest BCUT2D eigenvalue weighted by Gasteiger charge is 2.19. The Morgan fingerprint density at radius 3 is 2.65 bits per heavy atom. The van der Waals surface area contributed by atoms with Crippen LogP contribution in [-0.2, 0) is 9.53 Å². The summed E-state index contributed by atoms with van der Waals surface area (Å²) in [7, 11) is 3.16. The lowest BCUT2D eigenvalue weighted by atomic mass is 10.1. The van der Waals surface area contributed by atoms with Gasteiger partial charge >= 0.3 is 0 Å². The summed E-state index contributed by atoms with van der Waals surface area (Å²) in [6.07, 6.45) is 2.44. The predicted octanol–water partition coefficient (Wildman–Crippen LogP) is 2.52. The molecule has 1 amide bonds. The van der Waals surface area contributed by atoms with Gasteiger partial charge in [0.25, 0.3) is 0 Å². The first-order valence-electron chi connectivity index (χ1n) is 6.78. The van der Waals surface area contributed by atoms with Crippen molar-refractivity contribution in [2.24, 2.45) is 0 Å². The Balaban J connectivity index is 2.06. The Kier molecular flexibility index (Phi) is 4.84. The predicted molar refractivity (Wildman–Crippen MR) is 76.5 cm³/mol. The molecular weight excluding hydrogens is 258 g/mol. The maximum absolute atomic E-state index is 12.0. The van der Waals surface area contributed by atoms with Crippen LogP contribution in [0.3, 0.4) is 0 Å². The number of methoxy groups -OCH3 is 2. The lowest BCUT2D eigenvalue weighted by molar-refractivity contribution is -0.118. The second-order valence-corrected chi connectivity index (χ2v) is 4.91. The van der Waals surface area contributed by atoms with Gasteiger partial charge in [0.2, 0.25) is 5.91 Å². The summed E-state index contributed by atoms with van der Waals surface area (Å²) in [5.41, 5.74) is 1.67. The molecule has 110 valence electrons. The summed E-state index contributed by atoms with van der Waals surface area (Å²) in [6.45, 7) is 2.68. The molecular formula is C15H21NO4. The molecule has 5 nitrogen and oxygen atoms in total. The molecule has 1 unspecified atom stereocenters. The molecule has 0 bridgehead atoms. The highest BCUT2D eigenvalue weighted by molar-refractivity contribution is 5.92. The van der Waals surface area contributed by atoms with Gasteiger partial charge in [0, 0.05) is 18.4 Å². The molecule has 0 aliphatic carbocycles. The third-order valence-electron chi connectivity index (χ3n) is 3.44. The second kappa shape index (κ2) is 6.61. The van der Waals surface area contributed by atoms with Crippen LogP contribution in [0.15, 0.2) is 12.1 Å². The average molecular weight is 279 g/mol. The molecule has 1 aliphatic rings. The van der Waals surface area contributed by atoms with Gasteiger partial charge in [-0.25, -0.2) is 0 Å². The first-order chi connectivity index (χ1) is 9.63. The number of hydrogen-bond donors (Lipinski definition) is 1. The van der Waals surface area contributed by atoms with Crippen molar-refractivity contribution < 1.29 is 19.0 Å². The van der Waals surface area contributed by atoms with Crippen molar-refractivity contribution in [2.45, 2.75) is 32.3 Å². The molecule has 0 radical (unpaired) electrons. The Morgan fingerprint density at radius 2 is 2.05 bits per heavy atom. The van der Waals surface area contributed by atoms with Gasteiger partial charge in [-0.1, -0.05) is 0 Å². The average Bonchev–Trinajstić information content (AvgIpc) is 2.93. The van der Waals surface area contributed by atoms with Crippen LogP contribution in [0.4, 0.5) is 5.69 Å². The third-order valence-corrected chi connectivity index (χ3v) is 3.44. The molecule has 5 heteroatoms. The van der Waals surface area contributed by atoms with E-state index in [1.54, 1.807) is 20.3 Å². The number of benzene rings is 1. The van der Waals surface area contributed by atoms with Crippen molar-refractivity contribution in [3.63, 3.8) is 0 Å². The topological polar surface area (TPSA) is 56.8 Å². The Labute approximate surface area is 119 Å². The van der Waals surface area contributed by atoms with E-state index in [0.717, 1.165) is 30.7 Å². The number of aryl methyl sites for hydroxylation is 1. The Morgan fingerprint density at radius 1 is 1.35 bits per heavy atom. The smallest absolute Gasteiger partial charge is 0.226 e. The molecule has 0 saturated carbocycles. The van der Waals surface area contributed by atoms with Crippen molar-refractivity contribution in [2.75, 3.05) is 26.1 Å². The molecule has 1 heterocycles. The number of carbonyl (C=O) groups is 1. The van der Waals surface area contributed by atoms with E-state index in [1.807, 2.05) is 13.0 Å². The van der Waals surface area contributed by atoms with Gasteiger partial charge in [-0.15, -0.1) is 0 Å². The summed E-state index contributed by atoms with van der Waals surface area (Å²) in [5, 5.41) is 2.91. The van der Waals surface area contributed by atoms with Crippen LogP contribution < -0.4 is 14.8 Å². The van der Waals surface area contributed by atoms with Crippen LogP contribution in [0, 0.1) is 6.92 Å². The first-order valence-corrected chi connectivity index (χ1v) is 6.78. The van der Waals surface area contributed by atoms with Gasteiger partial charge in [-0.05, 0) is 31.4 Å². The van der Waals surface area contributed by atoms with Crippen LogP contribution in [0.25, 0.3) is 0 Å². The van der Waals surface area contributed by atoms with E-state index in [0.29, 0.717) is 17.9 Å².